The van der Waals surface area contributed by atoms with Crippen LogP contribution in [0.3, 0.4) is 0 Å². The van der Waals surface area contributed by atoms with Crippen molar-refractivity contribution in [2.24, 2.45) is 0 Å². The molecule has 0 bridgehead atoms. The topological polar surface area (TPSA) is 78.9 Å². The number of allylic oxidation sites excluding steroid dienone is 14. The normalized spacial score (nSPS) is 12.6. The van der Waals surface area contributed by atoms with Gasteiger partial charge in [0.1, 0.15) is 13.2 Å². The summed E-state index contributed by atoms with van der Waals surface area (Å²) in [6, 6.07) is 0. The first-order valence-corrected chi connectivity index (χ1v) is 36.1. The van der Waals surface area contributed by atoms with E-state index in [1.807, 2.05) is 0 Å². The Kier molecular flexibility index (Phi) is 68.2. The van der Waals surface area contributed by atoms with Gasteiger partial charge < -0.3 is 14.2 Å². The largest absolute Gasteiger partial charge is 0.462 e. The molecule has 0 spiro atoms. The smallest absolute Gasteiger partial charge is 0.306 e. The Bertz CT molecular complexity index is 1570. The molecule has 0 aromatic carbocycles. The lowest BCUT2D eigenvalue weighted by molar-refractivity contribution is -0.167. The molecule has 0 saturated carbocycles. The molecule has 0 aromatic heterocycles. The van der Waals surface area contributed by atoms with E-state index in [1.54, 1.807) is 0 Å². The zero-order valence-corrected chi connectivity index (χ0v) is 55.2. The summed E-state index contributed by atoms with van der Waals surface area (Å²) in [5.41, 5.74) is 0. The van der Waals surface area contributed by atoms with Crippen molar-refractivity contribution in [3.63, 3.8) is 0 Å². The third kappa shape index (κ3) is 69.3. The highest BCUT2D eigenvalue weighted by molar-refractivity contribution is 5.71. The summed E-state index contributed by atoms with van der Waals surface area (Å²) in [7, 11) is 0. The van der Waals surface area contributed by atoms with Gasteiger partial charge in [0.15, 0.2) is 6.10 Å². The van der Waals surface area contributed by atoms with E-state index in [4.69, 9.17) is 14.2 Å². The van der Waals surface area contributed by atoms with Crippen molar-refractivity contribution in [3.8, 4) is 0 Å². The highest BCUT2D eigenvalue weighted by atomic mass is 16.6. The maximum absolute atomic E-state index is 12.9. The van der Waals surface area contributed by atoms with Crippen LogP contribution < -0.4 is 0 Å². The average Bonchev–Trinajstić information content (AvgIpc) is 3.49. The lowest BCUT2D eigenvalue weighted by Crippen LogP contribution is -2.30. The molecule has 0 radical (unpaired) electrons. The van der Waals surface area contributed by atoms with Crippen LogP contribution in [0.2, 0.25) is 0 Å². The van der Waals surface area contributed by atoms with Crippen LogP contribution in [0.5, 0.6) is 0 Å². The summed E-state index contributed by atoms with van der Waals surface area (Å²) >= 11 is 0. The third-order valence-electron chi connectivity index (χ3n) is 15.9. The van der Waals surface area contributed by atoms with Crippen LogP contribution in [0.25, 0.3) is 0 Å². The second-order valence-electron chi connectivity index (χ2n) is 24.1. The van der Waals surface area contributed by atoms with Crippen LogP contribution in [-0.4, -0.2) is 37.2 Å². The maximum atomic E-state index is 12.9. The fourth-order valence-electron chi connectivity index (χ4n) is 10.5. The van der Waals surface area contributed by atoms with Gasteiger partial charge in [-0.1, -0.05) is 318 Å². The van der Waals surface area contributed by atoms with Gasteiger partial charge in [-0.3, -0.25) is 14.4 Å². The van der Waals surface area contributed by atoms with E-state index in [0.717, 1.165) is 96.3 Å². The van der Waals surface area contributed by atoms with Gasteiger partial charge in [0.05, 0.1) is 0 Å². The zero-order chi connectivity index (χ0) is 59.9. The van der Waals surface area contributed by atoms with Crippen LogP contribution in [-0.2, 0) is 28.6 Å². The third-order valence-corrected chi connectivity index (χ3v) is 15.9. The monoisotopic (exact) mass is 1160 g/mol. The Balaban J connectivity index is 4.20. The molecule has 0 N–H and O–H groups in total. The first-order chi connectivity index (χ1) is 41.0. The van der Waals surface area contributed by atoms with E-state index in [0.29, 0.717) is 19.3 Å². The van der Waals surface area contributed by atoms with Crippen molar-refractivity contribution >= 4 is 17.9 Å². The molecule has 0 aliphatic heterocycles. The molecule has 1 atom stereocenters. The minimum Gasteiger partial charge on any atom is -0.462 e. The summed E-state index contributed by atoms with van der Waals surface area (Å²) in [6.07, 6.45) is 94.7. The molecule has 6 nitrogen and oxygen atoms in total. The lowest BCUT2D eigenvalue weighted by Gasteiger charge is -2.18. The van der Waals surface area contributed by atoms with Crippen LogP contribution in [0.15, 0.2) is 85.1 Å². The van der Waals surface area contributed by atoms with E-state index >= 15 is 0 Å². The van der Waals surface area contributed by atoms with E-state index in [-0.39, 0.29) is 31.1 Å². The molecule has 83 heavy (non-hydrogen) atoms. The highest BCUT2D eigenvalue weighted by Crippen LogP contribution is 2.18. The Morgan fingerprint density at radius 3 is 0.747 bits per heavy atom. The number of carbonyl (C=O) groups excluding carboxylic acids is 3. The molecule has 0 aromatic rings. The second kappa shape index (κ2) is 71.1. The van der Waals surface area contributed by atoms with Crippen LogP contribution in [0.1, 0.15) is 367 Å². The summed E-state index contributed by atoms with van der Waals surface area (Å²) in [6.45, 7) is 6.56. The standard InChI is InChI=1S/C77H136O6/c1-4-7-10-13-16-19-22-25-28-30-31-32-33-34-35-36-37-38-39-40-41-42-43-44-45-47-49-52-55-58-61-64-67-70-76(79)82-73-74(72-81-75(78)69-66-63-60-57-54-51-48-27-24-21-18-15-12-9-6-3)83-77(80)71-68-65-62-59-56-53-50-46-29-26-23-20-17-14-11-8-5-2/h7,10,16,19,25-29,31-32,34-35,48,74H,4-6,8-9,11-15,17-18,20-24,30,33,36-47,49-73H2,1-3H3/b10-7-,19-16-,28-25-,29-26-,32-31-,35-34-,48-27-. The summed E-state index contributed by atoms with van der Waals surface area (Å²) in [5.74, 6) is -0.869. The number of carbonyl (C=O) groups is 3. The van der Waals surface area contributed by atoms with Gasteiger partial charge in [-0.05, 0) is 116 Å². The van der Waals surface area contributed by atoms with E-state index in [2.05, 4.69) is 106 Å². The molecule has 0 aliphatic rings. The van der Waals surface area contributed by atoms with Crippen molar-refractivity contribution in [1.29, 1.82) is 0 Å². The molecule has 0 fully saturated rings. The van der Waals surface area contributed by atoms with E-state index in [9.17, 15) is 14.4 Å². The molecule has 0 aliphatic carbocycles. The number of hydrogen-bond donors (Lipinski definition) is 0. The van der Waals surface area contributed by atoms with Crippen molar-refractivity contribution in [3.05, 3.63) is 85.1 Å². The van der Waals surface area contributed by atoms with Gasteiger partial charge >= 0.3 is 17.9 Å². The molecule has 0 saturated heterocycles. The molecule has 0 amide bonds. The van der Waals surface area contributed by atoms with Crippen molar-refractivity contribution in [2.45, 2.75) is 374 Å². The van der Waals surface area contributed by atoms with Crippen LogP contribution in [0.4, 0.5) is 0 Å². The minimum absolute atomic E-state index is 0.0764. The number of rotatable bonds is 66. The molecule has 1 unspecified atom stereocenters. The maximum Gasteiger partial charge on any atom is 0.306 e. The Labute approximate surface area is 515 Å². The minimum atomic E-state index is -0.781. The van der Waals surface area contributed by atoms with Gasteiger partial charge in [0.25, 0.3) is 0 Å². The van der Waals surface area contributed by atoms with E-state index in [1.165, 1.54) is 231 Å². The molecular formula is C77H136O6. The Hall–Kier alpha value is -3.41. The number of ether oxygens (including phenoxy) is 3. The first-order valence-electron chi connectivity index (χ1n) is 36.1. The average molecular weight is 1160 g/mol. The predicted molar refractivity (Wildman–Crippen MR) is 362 cm³/mol. The quantitative estimate of drug-likeness (QED) is 0.0261. The van der Waals surface area contributed by atoms with Crippen LogP contribution in [0, 0.1) is 0 Å². The molecule has 0 heterocycles. The Morgan fingerprint density at radius 1 is 0.253 bits per heavy atom. The van der Waals surface area contributed by atoms with Gasteiger partial charge in [-0.25, -0.2) is 0 Å². The fourth-order valence-corrected chi connectivity index (χ4v) is 10.5. The zero-order valence-electron chi connectivity index (χ0n) is 55.2. The molecule has 6 heteroatoms. The van der Waals surface area contributed by atoms with Gasteiger partial charge in [0.2, 0.25) is 0 Å². The molecule has 0 rings (SSSR count). The summed E-state index contributed by atoms with van der Waals surface area (Å²) in [4.78, 5) is 38.4. The number of hydrogen-bond acceptors (Lipinski definition) is 6. The number of esters is 3. The van der Waals surface area contributed by atoms with E-state index < -0.39 is 6.10 Å². The summed E-state index contributed by atoms with van der Waals surface area (Å²) < 4.78 is 17.0. The Morgan fingerprint density at radius 2 is 0.470 bits per heavy atom. The fraction of sp³-hybridized carbons (Fsp3) is 0.779. The second-order valence-corrected chi connectivity index (χ2v) is 24.1. The SMILES string of the molecule is CC/C=C\C/C=C\C/C=C\C/C=C\C/C=C\CCCCCCCCCCCCCCCCCCCC(=O)OCC(COC(=O)CCCCCCC/C=C\CCCCCCCC)OC(=O)CCCCCCCCC/C=C\CCCCCCCC. The lowest BCUT2D eigenvalue weighted by atomic mass is 10.0. The number of unbranched alkanes of at least 4 members (excludes halogenated alkanes) is 41. The van der Waals surface area contributed by atoms with Crippen LogP contribution >= 0.6 is 0 Å². The van der Waals surface area contributed by atoms with Crippen molar-refractivity contribution in [1.82, 2.24) is 0 Å². The van der Waals surface area contributed by atoms with Gasteiger partial charge in [0, 0.05) is 19.3 Å². The summed E-state index contributed by atoms with van der Waals surface area (Å²) in [5, 5.41) is 0. The first kappa shape index (κ1) is 79.6. The predicted octanol–water partition coefficient (Wildman–Crippen LogP) is 25.0. The van der Waals surface area contributed by atoms with Gasteiger partial charge in [-0.2, -0.15) is 0 Å². The van der Waals surface area contributed by atoms with Crippen molar-refractivity contribution in [2.75, 3.05) is 13.2 Å². The van der Waals surface area contributed by atoms with Gasteiger partial charge in [-0.15, -0.1) is 0 Å². The molecule has 480 valence electrons. The highest BCUT2D eigenvalue weighted by Gasteiger charge is 2.19. The molecular weight excluding hydrogens is 1020 g/mol. The van der Waals surface area contributed by atoms with Crippen molar-refractivity contribution < 1.29 is 28.6 Å².